The Morgan fingerprint density at radius 1 is 1.03 bits per heavy atom. The summed E-state index contributed by atoms with van der Waals surface area (Å²) >= 11 is 0. The van der Waals surface area contributed by atoms with E-state index in [9.17, 15) is 4.79 Å². The van der Waals surface area contributed by atoms with Crippen molar-refractivity contribution in [2.24, 2.45) is 0 Å². The van der Waals surface area contributed by atoms with E-state index in [1.165, 1.54) is 12.7 Å². The quantitative estimate of drug-likeness (QED) is 0.667. The van der Waals surface area contributed by atoms with E-state index in [1.807, 2.05) is 58.9 Å². The van der Waals surface area contributed by atoms with Crippen LogP contribution in [0.4, 0.5) is 22.0 Å². The molecular formula is C21H24N6O2. The summed E-state index contributed by atoms with van der Waals surface area (Å²) in [5.74, 6) is 0.607. The molecule has 0 bridgehead atoms. The molecule has 0 radical (unpaired) electrons. The van der Waals surface area contributed by atoms with E-state index in [0.29, 0.717) is 11.5 Å². The molecule has 1 amide bonds. The fraction of sp³-hybridized carbons (Fsp3) is 0.286. The Hall–Kier alpha value is -3.55. The minimum atomic E-state index is -0.568. The van der Waals surface area contributed by atoms with Gasteiger partial charge in [-0.15, -0.1) is 0 Å². The van der Waals surface area contributed by atoms with E-state index in [0.717, 1.165) is 28.2 Å². The first kappa shape index (κ1) is 20.2. The van der Waals surface area contributed by atoms with Crippen molar-refractivity contribution in [3.8, 4) is 11.3 Å². The SMILES string of the molecule is Cc1cc(-c2cncnc2Nc2cc(NC(=O)OC(C)(C)C)ccc2C)ncn1. The first-order chi connectivity index (χ1) is 13.7. The maximum Gasteiger partial charge on any atom is 0.412 e. The Balaban J connectivity index is 1.87. The van der Waals surface area contributed by atoms with E-state index in [4.69, 9.17) is 4.74 Å². The zero-order valence-corrected chi connectivity index (χ0v) is 17.1. The number of rotatable bonds is 4. The third kappa shape index (κ3) is 5.47. The fourth-order valence-corrected chi connectivity index (χ4v) is 2.60. The van der Waals surface area contributed by atoms with Gasteiger partial charge in [-0.1, -0.05) is 6.07 Å². The molecule has 0 unspecified atom stereocenters. The number of hydrogen-bond donors (Lipinski definition) is 2. The lowest BCUT2D eigenvalue weighted by Gasteiger charge is -2.20. The zero-order valence-electron chi connectivity index (χ0n) is 17.1. The summed E-state index contributed by atoms with van der Waals surface area (Å²) in [5.41, 5.74) is 4.16. The normalized spacial score (nSPS) is 11.1. The summed E-state index contributed by atoms with van der Waals surface area (Å²) in [4.78, 5) is 29.0. The van der Waals surface area contributed by atoms with E-state index in [-0.39, 0.29) is 0 Å². The molecule has 2 aromatic heterocycles. The highest BCUT2D eigenvalue weighted by atomic mass is 16.6. The molecule has 0 fully saturated rings. The molecule has 0 spiro atoms. The average molecular weight is 392 g/mol. The Kier molecular flexibility index (Phi) is 5.72. The number of hydrogen-bond acceptors (Lipinski definition) is 7. The lowest BCUT2D eigenvalue weighted by atomic mass is 10.1. The van der Waals surface area contributed by atoms with Crippen LogP contribution >= 0.6 is 0 Å². The second kappa shape index (κ2) is 8.22. The number of aryl methyl sites for hydroxylation is 2. The van der Waals surface area contributed by atoms with Crippen molar-refractivity contribution in [3.63, 3.8) is 0 Å². The predicted octanol–water partition coefficient (Wildman–Crippen LogP) is 4.64. The van der Waals surface area contributed by atoms with Gasteiger partial charge in [0.05, 0.1) is 11.3 Å². The molecule has 3 aromatic rings. The first-order valence-corrected chi connectivity index (χ1v) is 9.18. The van der Waals surface area contributed by atoms with Crippen molar-refractivity contribution in [1.29, 1.82) is 0 Å². The van der Waals surface area contributed by atoms with Gasteiger partial charge in [0.2, 0.25) is 0 Å². The lowest BCUT2D eigenvalue weighted by Crippen LogP contribution is -2.27. The van der Waals surface area contributed by atoms with Crippen LogP contribution in [0.3, 0.4) is 0 Å². The topological polar surface area (TPSA) is 102 Å². The number of nitrogens with zero attached hydrogens (tertiary/aromatic N) is 4. The number of carbonyl (C=O) groups excluding carboxylic acids is 1. The summed E-state index contributed by atoms with van der Waals surface area (Å²) in [7, 11) is 0. The average Bonchev–Trinajstić information content (AvgIpc) is 2.63. The first-order valence-electron chi connectivity index (χ1n) is 9.18. The van der Waals surface area contributed by atoms with Crippen LogP contribution < -0.4 is 10.6 Å². The van der Waals surface area contributed by atoms with Gasteiger partial charge in [0.15, 0.2) is 0 Å². The molecule has 3 rings (SSSR count). The van der Waals surface area contributed by atoms with Gasteiger partial charge in [0, 0.05) is 23.3 Å². The summed E-state index contributed by atoms with van der Waals surface area (Å²) in [5, 5.41) is 6.07. The summed E-state index contributed by atoms with van der Waals surface area (Å²) in [6, 6.07) is 7.43. The Morgan fingerprint density at radius 2 is 1.83 bits per heavy atom. The van der Waals surface area contributed by atoms with Crippen molar-refractivity contribution in [1.82, 2.24) is 19.9 Å². The number of benzene rings is 1. The molecule has 2 heterocycles. The standard InChI is InChI=1S/C21H24N6O2/c1-13-6-7-15(26-20(28)29-21(3,4)5)9-17(13)27-19-16(10-22-11-25-19)18-8-14(2)23-12-24-18/h6-12H,1-5H3,(H,26,28)(H,22,25,27). The molecule has 0 atom stereocenters. The van der Waals surface area contributed by atoms with Gasteiger partial charge >= 0.3 is 6.09 Å². The second-order valence-corrected chi connectivity index (χ2v) is 7.61. The van der Waals surface area contributed by atoms with Gasteiger partial charge in [0.25, 0.3) is 0 Å². The lowest BCUT2D eigenvalue weighted by molar-refractivity contribution is 0.0636. The Bertz CT molecular complexity index is 1030. The van der Waals surface area contributed by atoms with Gasteiger partial charge in [-0.2, -0.15) is 0 Å². The summed E-state index contributed by atoms with van der Waals surface area (Å²) in [6.07, 6.45) is 4.18. The monoisotopic (exact) mass is 392 g/mol. The molecular weight excluding hydrogens is 368 g/mol. The van der Waals surface area contributed by atoms with Crippen LogP contribution in [-0.2, 0) is 4.74 Å². The van der Waals surface area contributed by atoms with Crippen molar-refractivity contribution in [2.75, 3.05) is 10.6 Å². The van der Waals surface area contributed by atoms with Crippen LogP contribution in [-0.4, -0.2) is 31.6 Å². The summed E-state index contributed by atoms with van der Waals surface area (Å²) < 4.78 is 5.31. The van der Waals surface area contributed by atoms with Gasteiger partial charge in [-0.05, 0) is 58.4 Å². The molecule has 2 N–H and O–H groups in total. The van der Waals surface area contributed by atoms with Crippen molar-refractivity contribution in [2.45, 2.75) is 40.2 Å². The number of carbonyl (C=O) groups is 1. The van der Waals surface area contributed by atoms with Gasteiger partial charge in [-0.3, -0.25) is 5.32 Å². The molecule has 0 saturated heterocycles. The molecule has 0 saturated carbocycles. The van der Waals surface area contributed by atoms with E-state index in [1.54, 1.807) is 6.20 Å². The van der Waals surface area contributed by atoms with E-state index in [2.05, 4.69) is 30.6 Å². The molecule has 8 heteroatoms. The van der Waals surface area contributed by atoms with E-state index >= 15 is 0 Å². The van der Waals surface area contributed by atoms with Crippen LogP contribution in [0.25, 0.3) is 11.3 Å². The molecule has 8 nitrogen and oxygen atoms in total. The largest absolute Gasteiger partial charge is 0.444 e. The molecule has 0 aliphatic rings. The van der Waals surface area contributed by atoms with Crippen LogP contribution in [0.15, 0.2) is 43.1 Å². The second-order valence-electron chi connectivity index (χ2n) is 7.61. The number of aromatic nitrogens is 4. The number of anilines is 3. The maximum atomic E-state index is 12.1. The molecule has 1 aromatic carbocycles. The van der Waals surface area contributed by atoms with Gasteiger partial charge in [-0.25, -0.2) is 24.7 Å². The number of ether oxygens (including phenoxy) is 1. The molecule has 29 heavy (non-hydrogen) atoms. The van der Waals surface area contributed by atoms with Crippen molar-refractivity contribution >= 4 is 23.3 Å². The van der Waals surface area contributed by atoms with Gasteiger partial charge < -0.3 is 10.1 Å². The van der Waals surface area contributed by atoms with Crippen LogP contribution in [0.5, 0.6) is 0 Å². The number of amides is 1. The van der Waals surface area contributed by atoms with E-state index < -0.39 is 11.7 Å². The highest BCUT2D eigenvalue weighted by Crippen LogP contribution is 2.29. The zero-order chi connectivity index (χ0) is 21.0. The van der Waals surface area contributed by atoms with Crippen LogP contribution in [0.2, 0.25) is 0 Å². The minimum Gasteiger partial charge on any atom is -0.444 e. The van der Waals surface area contributed by atoms with Gasteiger partial charge in [0.1, 0.15) is 24.1 Å². The van der Waals surface area contributed by atoms with Crippen LogP contribution in [0, 0.1) is 13.8 Å². The summed E-state index contributed by atoms with van der Waals surface area (Å²) in [6.45, 7) is 9.33. The Labute approximate surface area is 169 Å². The Morgan fingerprint density at radius 3 is 2.55 bits per heavy atom. The molecule has 0 aliphatic heterocycles. The van der Waals surface area contributed by atoms with Crippen LogP contribution in [0.1, 0.15) is 32.0 Å². The third-order valence-corrected chi connectivity index (χ3v) is 3.93. The molecule has 150 valence electrons. The maximum absolute atomic E-state index is 12.1. The van der Waals surface area contributed by atoms with Crippen molar-refractivity contribution in [3.05, 3.63) is 54.4 Å². The van der Waals surface area contributed by atoms with Crippen molar-refractivity contribution < 1.29 is 9.53 Å². The highest BCUT2D eigenvalue weighted by molar-refractivity contribution is 5.86. The third-order valence-electron chi connectivity index (χ3n) is 3.93. The predicted molar refractivity (Wildman–Crippen MR) is 112 cm³/mol. The highest BCUT2D eigenvalue weighted by Gasteiger charge is 2.17. The fourth-order valence-electron chi connectivity index (χ4n) is 2.60. The molecule has 0 aliphatic carbocycles. The smallest absolute Gasteiger partial charge is 0.412 e. The number of nitrogens with one attached hydrogen (secondary N) is 2. The minimum absolute atomic E-state index is 0.508.